The van der Waals surface area contributed by atoms with Crippen LogP contribution in [-0.4, -0.2) is 12.0 Å². The minimum Gasteiger partial charge on any atom is -0.548 e. The van der Waals surface area contributed by atoms with Crippen molar-refractivity contribution in [2.75, 3.05) is 0 Å². The number of carbonyl (C=O) groups is 1. The third kappa shape index (κ3) is 2.33. The molecule has 0 amide bonds. The Hall–Kier alpha value is -0.570. The van der Waals surface area contributed by atoms with Crippen molar-refractivity contribution < 1.29 is 9.90 Å². The number of carboxylic acids is 1. The first-order chi connectivity index (χ1) is 6.86. The normalized spacial score (nSPS) is 42.9. The second kappa shape index (κ2) is 4.52. The van der Waals surface area contributed by atoms with E-state index in [9.17, 15) is 9.90 Å². The molecule has 1 rings (SSSR count). The van der Waals surface area contributed by atoms with Crippen molar-refractivity contribution >= 4 is 5.97 Å². The lowest BCUT2D eigenvalue weighted by atomic mass is 9.84. The Balaban J connectivity index is 2.66. The van der Waals surface area contributed by atoms with Gasteiger partial charge in [-0.3, -0.25) is 0 Å². The predicted molar refractivity (Wildman–Crippen MR) is 57.7 cm³/mol. The highest BCUT2D eigenvalue weighted by Gasteiger charge is 2.41. The number of hydrogen-bond donors (Lipinski definition) is 1. The summed E-state index contributed by atoms with van der Waals surface area (Å²) >= 11 is 0. The molecule has 4 unspecified atom stereocenters. The molecule has 0 saturated heterocycles. The van der Waals surface area contributed by atoms with E-state index in [2.05, 4.69) is 27.7 Å². The first kappa shape index (κ1) is 12.5. The van der Waals surface area contributed by atoms with Gasteiger partial charge in [0.05, 0.1) is 5.97 Å². The highest BCUT2D eigenvalue weighted by molar-refractivity contribution is 5.70. The van der Waals surface area contributed by atoms with Crippen molar-refractivity contribution in [3.05, 3.63) is 0 Å². The molecule has 0 aliphatic heterocycles. The summed E-state index contributed by atoms with van der Waals surface area (Å²) in [7, 11) is 0. The van der Waals surface area contributed by atoms with E-state index in [1.165, 1.54) is 0 Å². The number of carboxylic acid groups (broad SMARTS) is 1. The van der Waals surface area contributed by atoms with Crippen molar-refractivity contribution in [1.82, 2.24) is 0 Å². The highest BCUT2D eigenvalue weighted by atomic mass is 16.4. The smallest absolute Gasteiger partial charge is 0.0582 e. The second-order valence-corrected chi connectivity index (χ2v) is 5.26. The van der Waals surface area contributed by atoms with E-state index < -0.39 is 12.0 Å². The van der Waals surface area contributed by atoms with Gasteiger partial charge < -0.3 is 15.6 Å². The molecule has 88 valence electrons. The highest BCUT2D eigenvalue weighted by Crippen LogP contribution is 2.46. The standard InChI is InChI=1S/C12H23NO2/c1-6-7(2)9(4)10(8(6)3)5-11(13)12(14)15/h6-11H,5,13H2,1-4H3,(H,14,15)/p-1/t6?,7?,8?,9?,10?,11-/m0/s1. The van der Waals surface area contributed by atoms with Crippen molar-refractivity contribution in [1.29, 1.82) is 0 Å². The molecular formula is C12H22NO2-. The lowest BCUT2D eigenvalue weighted by molar-refractivity contribution is -0.307. The van der Waals surface area contributed by atoms with Gasteiger partial charge in [-0.15, -0.1) is 0 Å². The zero-order valence-corrected chi connectivity index (χ0v) is 10.1. The molecule has 0 aromatic carbocycles. The zero-order valence-electron chi connectivity index (χ0n) is 10.1. The number of nitrogens with two attached hydrogens (primary N) is 1. The molecule has 5 atom stereocenters. The van der Waals surface area contributed by atoms with Crippen LogP contribution in [0.25, 0.3) is 0 Å². The van der Waals surface area contributed by atoms with Gasteiger partial charge >= 0.3 is 0 Å². The summed E-state index contributed by atoms with van der Waals surface area (Å²) < 4.78 is 0. The van der Waals surface area contributed by atoms with E-state index in [0.717, 1.165) is 0 Å². The molecule has 1 saturated carbocycles. The minimum absolute atomic E-state index is 0.419. The van der Waals surface area contributed by atoms with E-state index in [1.54, 1.807) is 0 Å². The van der Waals surface area contributed by atoms with Crippen LogP contribution in [-0.2, 0) is 4.79 Å². The largest absolute Gasteiger partial charge is 0.548 e. The molecule has 3 heteroatoms. The fourth-order valence-corrected chi connectivity index (χ4v) is 3.04. The van der Waals surface area contributed by atoms with Gasteiger partial charge in [0, 0.05) is 6.04 Å². The summed E-state index contributed by atoms with van der Waals surface area (Å²) in [6.45, 7) is 8.90. The molecule has 0 spiro atoms. The van der Waals surface area contributed by atoms with Crippen LogP contribution in [0.3, 0.4) is 0 Å². The van der Waals surface area contributed by atoms with Crippen molar-refractivity contribution in [2.45, 2.75) is 40.2 Å². The summed E-state index contributed by atoms with van der Waals surface area (Å²) in [4.78, 5) is 10.6. The Kier molecular flexibility index (Phi) is 3.77. The van der Waals surface area contributed by atoms with Crippen LogP contribution >= 0.6 is 0 Å². The van der Waals surface area contributed by atoms with Gasteiger partial charge in [-0.05, 0) is 36.0 Å². The molecule has 0 radical (unpaired) electrons. The number of rotatable bonds is 3. The summed E-state index contributed by atoms with van der Waals surface area (Å²) in [6, 6.07) is -0.808. The van der Waals surface area contributed by atoms with Gasteiger partial charge in [0.25, 0.3) is 0 Å². The Morgan fingerprint density at radius 2 is 1.53 bits per heavy atom. The third-order valence-electron chi connectivity index (χ3n) is 4.67. The van der Waals surface area contributed by atoms with Crippen LogP contribution in [0.2, 0.25) is 0 Å². The van der Waals surface area contributed by atoms with Gasteiger partial charge in [-0.2, -0.15) is 0 Å². The minimum atomic E-state index is -1.12. The van der Waals surface area contributed by atoms with Crippen LogP contribution in [0.4, 0.5) is 0 Å². The van der Waals surface area contributed by atoms with Gasteiger partial charge in [0.15, 0.2) is 0 Å². The lowest BCUT2D eigenvalue weighted by Gasteiger charge is -2.25. The molecule has 1 aliphatic carbocycles. The van der Waals surface area contributed by atoms with Gasteiger partial charge in [0.2, 0.25) is 0 Å². The molecular weight excluding hydrogens is 190 g/mol. The van der Waals surface area contributed by atoms with Crippen LogP contribution in [0.1, 0.15) is 34.1 Å². The molecule has 1 aliphatic rings. The summed E-state index contributed by atoms with van der Waals surface area (Å²) in [5, 5.41) is 10.6. The maximum Gasteiger partial charge on any atom is 0.0582 e. The van der Waals surface area contributed by atoms with E-state index in [0.29, 0.717) is 36.0 Å². The molecule has 2 N–H and O–H groups in total. The Bertz CT molecular complexity index is 228. The fourth-order valence-electron chi connectivity index (χ4n) is 3.04. The van der Waals surface area contributed by atoms with Gasteiger partial charge in [0.1, 0.15) is 0 Å². The van der Waals surface area contributed by atoms with Crippen LogP contribution in [0, 0.1) is 29.6 Å². The third-order valence-corrected chi connectivity index (χ3v) is 4.67. The Morgan fingerprint density at radius 1 is 1.13 bits per heavy atom. The maximum absolute atomic E-state index is 10.6. The van der Waals surface area contributed by atoms with Crippen molar-refractivity contribution in [3.8, 4) is 0 Å². The monoisotopic (exact) mass is 212 g/mol. The molecule has 0 aromatic heterocycles. The van der Waals surface area contributed by atoms with E-state index in [4.69, 9.17) is 5.73 Å². The zero-order chi connectivity index (χ0) is 11.7. The maximum atomic E-state index is 10.6. The van der Waals surface area contributed by atoms with E-state index in [-0.39, 0.29) is 0 Å². The van der Waals surface area contributed by atoms with Crippen LogP contribution < -0.4 is 10.8 Å². The quantitative estimate of drug-likeness (QED) is 0.746. The first-order valence-electron chi connectivity index (χ1n) is 5.82. The SMILES string of the molecule is CC1C(C)C(C)C(C[C@H](N)C(=O)[O-])C1C. The number of hydrogen-bond acceptors (Lipinski definition) is 3. The summed E-state index contributed by atoms with van der Waals surface area (Å²) in [5.41, 5.74) is 5.55. The molecule has 1 fully saturated rings. The topological polar surface area (TPSA) is 66.2 Å². The number of carbonyl (C=O) groups excluding carboxylic acids is 1. The lowest BCUT2D eigenvalue weighted by Crippen LogP contribution is -2.43. The van der Waals surface area contributed by atoms with Crippen LogP contribution in [0.5, 0.6) is 0 Å². The van der Waals surface area contributed by atoms with Gasteiger partial charge in [-0.25, -0.2) is 0 Å². The first-order valence-corrected chi connectivity index (χ1v) is 5.82. The summed E-state index contributed by atoms with van der Waals surface area (Å²) in [6.07, 6.45) is 0.555. The molecule has 3 nitrogen and oxygen atoms in total. The van der Waals surface area contributed by atoms with E-state index >= 15 is 0 Å². The Labute approximate surface area is 92.0 Å². The summed E-state index contributed by atoms with van der Waals surface area (Å²) in [5.74, 6) is 1.71. The second-order valence-electron chi connectivity index (χ2n) is 5.26. The van der Waals surface area contributed by atoms with E-state index in [1.807, 2.05) is 0 Å². The van der Waals surface area contributed by atoms with Crippen LogP contribution in [0.15, 0.2) is 0 Å². The molecule has 0 heterocycles. The molecule has 0 aromatic rings. The predicted octanol–water partition coefficient (Wildman–Crippen LogP) is 0.628. The van der Waals surface area contributed by atoms with Gasteiger partial charge in [-0.1, -0.05) is 27.7 Å². The average molecular weight is 212 g/mol. The average Bonchev–Trinajstić information content (AvgIpc) is 2.35. The fraction of sp³-hybridized carbons (Fsp3) is 0.917. The molecule has 0 bridgehead atoms. The van der Waals surface area contributed by atoms with Crippen molar-refractivity contribution in [3.63, 3.8) is 0 Å². The molecule has 15 heavy (non-hydrogen) atoms. The Morgan fingerprint density at radius 3 is 1.87 bits per heavy atom. The van der Waals surface area contributed by atoms with Crippen molar-refractivity contribution in [2.24, 2.45) is 35.3 Å². The number of aliphatic carboxylic acids is 1.